The van der Waals surface area contributed by atoms with Gasteiger partial charge in [0, 0.05) is 22.8 Å². The highest BCUT2D eigenvalue weighted by molar-refractivity contribution is 9.10. The fraction of sp³-hybridized carbons (Fsp3) is 0.214. The van der Waals surface area contributed by atoms with Gasteiger partial charge in [0.05, 0.1) is 12.8 Å². The van der Waals surface area contributed by atoms with E-state index in [1.54, 1.807) is 13.2 Å². The monoisotopic (exact) mass is 307 g/mol. The predicted octanol–water partition coefficient (Wildman–Crippen LogP) is 3.88. The molecule has 0 radical (unpaired) electrons. The summed E-state index contributed by atoms with van der Waals surface area (Å²) < 4.78 is 6.13. The Bertz CT molecular complexity index is 549. The highest BCUT2D eigenvalue weighted by Crippen LogP contribution is 2.25. The lowest BCUT2D eigenvalue weighted by Crippen LogP contribution is -2.16. The number of rotatable bonds is 4. The van der Waals surface area contributed by atoms with Gasteiger partial charge < -0.3 is 9.32 Å². The molecule has 0 saturated heterocycles. The van der Waals surface area contributed by atoms with Crippen LogP contribution in [0, 0.1) is 0 Å². The number of hydrogen-bond donors (Lipinski definition) is 0. The third-order valence-corrected chi connectivity index (χ3v) is 3.40. The molecule has 1 aromatic heterocycles. The van der Waals surface area contributed by atoms with Gasteiger partial charge in [-0.05, 0) is 53.2 Å². The van der Waals surface area contributed by atoms with Crippen molar-refractivity contribution in [3.8, 4) is 0 Å². The average molecular weight is 308 g/mol. The Morgan fingerprint density at radius 3 is 2.72 bits per heavy atom. The topological polar surface area (TPSA) is 33.5 Å². The first-order valence-electron chi connectivity index (χ1n) is 5.62. The van der Waals surface area contributed by atoms with Crippen molar-refractivity contribution in [3.05, 3.63) is 52.4 Å². The van der Waals surface area contributed by atoms with E-state index in [1.807, 2.05) is 37.4 Å². The number of benzene rings is 1. The predicted molar refractivity (Wildman–Crippen MR) is 75.0 cm³/mol. The molecule has 94 valence electrons. The minimum Gasteiger partial charge on any atom is -0.467 e. The van der Waals surface area contributed by atoms with Crippen LogP contribution in [0.4, 0.5) is 5.69 Å². The van der Waals surface area contributed by atoms with Crippen LogP contribution in [0.25, 0.3) is 0 Å². The van der Waals surface area contributed by atoms with Crippen LogP contribution in [0.3, 0.4) is 0 Å². The fourth-order valence-electron chi connectivity index (χ4n) is 1.75. The van der Waals surface area contributed by atoms with Crippen LogP contribution in [-0.4, -0.2) is 12.8 Å². The molecule has 0 spiro atoms. The van der Waals surface area contributed by atoms with E-state index >= 15 is 0 Å². The first-order chi connectivity index (χ1) is 8.58. The van der Waals surface area contributed by atoms with Crippen molar-refractivity contribution in [1.82, 2.24) is 0 Å². The largest absolute Gasteiger partial charge is 0.467 e. The third-order valence-electron chi connectivity index (χ3n) is 2.75. The zero-order valence-corrected chi connectivity index (χ0v) is 11.9. The van der Waals surface area contributed by atoms with Gasteiger partial charge in [-0.2, -0.15) is 0 Å². The lowest BCUT2D eigenvalue weighted by molar-refractivity contribution is 0.101. The Hall–Kier alpha value is -1.55. The zero-order valence-electron chi connectivity index (χ0n) is 10.3. The number of nitrogens with zero attached hydrogens (tertiary/aromatic N) is 1. The van der Waals surface area contributed by atoms with Crippen LogP contribution in [-0.2, 0) is 6.54 Å². The van der Waals surface area contributed by atoms with Gasteiger partial charge in [-0.3, -0.25) is 4.79 Å². The molecule has 1 aromatic carbocycles. The second-order valence-electron chi connectivity index (χ2n) is 4.16. The van der Waals surface area contributed by atoms with Gasteiger partial charge in [0.25, 0.3) is 0 Å². The second-order valence-corrected chi connectivity index (χ2v) is 5.01. The summed E-state index contributed by atoms with van der Waals surface area (Å²) in [5.41, 5.74) is 1.73. The summed E-state index contributed by atoms with van der Waals surface area (Å²) in [7, 11) is 1.98. The number of Topliss-reactive ketones (excluding diaryl/α,β-unsaturated/α-hetero) is 1. The molecule has 0 atom stereocenters. The molecular weight excluding hydrogens is 294 g/mol. The van der Waals surface area contributed by atoms with Crippen LogP contribution in [0.15, 0.2) is 45.5 Å². The quantitative estimate of drug-likeness (QED) is 0.804. The minimum atomic E-state index is 0.0575. The molecule has 2 rings (SSSR count). The van der Waals surface area contributed by atoms with Crippen molar-refractivity contribution in [2.45, 2.75) is 13.5 Å². The maximum absolute atomic E-state index is 11.3. The summed E-state index contributed by atoms with van der Waals surface area (Å²) in [5.74, 6) is 0.964. The van der Waals surface area contributed by atoms with Gasteiger partial charge in [-0.25, -0.2) is 0 Å². The van der Waals surface area contributed by atoms with E-state index in [0.29, 0.717) is 12.1 Å². The molecule has 1 heterocycles. The molecule has 3 nitrogen and oxygen atoms in total. The standard InChI is InChI=1S/C14H14BrNO2/c1-10(17)13-6-5-11(8-14(13)15)16(2)9-12-4-3-7-18-12/h3-8H,9H2,1-2H3. The maximum atomic E-state index is 11.3. The summed E-state index contributed by atoms with van der Waals surface area (Å²) in [5, 5.41) is 0. The second kappa shape index (κ2) is 5.40. The molecule has 4 heteroatoms. The van der Waals surface area contributed by atoms with Crippen molar-refractivity contribution in [1.29, 1.82) is 0 Å². The first-order valence-corrected chi connectivity index (χ1v) is 6.41. The minimum absolute atomic E-state index is 0.0575. The molecule has 18 heavy (non-hydrogen) atoms. The maximum Gasteiger partial charge on any atom is 0.160 e. The Labute approximate surface area is 115 Å². The number of halogens is 1. The molecule has 0 aliphatic carbocycles. The van der Waals surface area contributed by atoms with Crippen LogP contribution < -0.4 is 4.90 Å². The molecule has 0 amide bonds. The van der Waals surface area contributed by atoms with Crippen molar-refractivity contribution in [3.63, 3.8) is 0 Å². The Balaban J connectivity index is 2.18. The third kappa shape index (κ3) is 2.82. The van der Waals surface area contributed by atoms with Gasteiger partial charge >= 0.3 is 0 Å². The molecule has 0 bridgehead atoms. The Kier molecular flexibility index (Phi) is 3.87. The van der Waals surface area contributed by atoms with Crippen molar-refractivity contribution >= 4 is 27.4 Å². The van der Waals surface area contributed by atoms with Crippen molar-refractivity contribution in [2.75, 3.05) is 11.9 Å². The molecule has 0 saturated carbocycles. The number of ketones is 1. The van der Waals surface area contributed by atoms with Gasteiger partial charge in [0.2, 0.25) is 0 Å². The summed E-state index contributed by atoms with van der Waals surface area (Å²) in [4.78, 5) is 13.4. The van der Waals surface area contributed by atoms with Gasteiger partial charge in [0.15, 0.2) is 5.78 Å². The van der Waals surface area contributed by atoms with Crippen LogP contribution in [0.1, 0.15) is 23.0 Å². The zero-order chi connectivity index (χ0) is 13.1. The van der Waals surface area contributed by atoms with Crippen LogP contribution >= 0.6 is 15.9 Å². The van der Waals surface area contributed by atoms with Crippen LogP contribution in [0.2, 0.25) is 0 Å². The van der Waals surface area contributed by atoms with E-state index in [9.17, 15) is 4.79 Å². The van der Waals surface area contributed by atoms with E-state index < -0.39 is 0 Å². The smallest absolute Gasteiger partial charge is 0.160 e. The number of anilines is 1. The van der Waals surface area contributed by atoms with Crippen molar-refractivity contribution in [2.24, 2.45) is 0 Å². The molecular formula is C14H14BrNO2. The Morgan fingerprint density at radius 1 is 1.39 bits per heavy atom. The molecule has 2 aromatic rings. The highest BCUT2D eigenvalue weighted by atomic mass is 79.9. The van der Waals surface area contributed by atoms with E-state index in [1.165, 1.54) is 0 Å². The van der Waals surface area contributed by atoms with Crippen molar-refractivity contribution < 1.29 is 9.21 Å². The van der Waals surface area contributed by atoms with E-state index in [-0.39, 0.29) is 5.78 Å². The number of hydrogen-bond acceptors (Lipinski definition) is 3. The van der Waals surface area contributed by atoms with E-state index in [2.05, 4.69) is 20.8 Å². The average Bonchev–Trinajstić information content (AvgIpc) is 2.81. The molecule has 0 fully saturated rings. The highest BCUT2D eigenvalue weighted by Gasteiger charge is 2.09. The molecule has 0 aliphatic rings. The molecule has 0 aliphatic heterocycles. The number of furan rings is 1. The van der Waals surface area contributed by atoms with E-state index in [4.69, 9.17) is 4.42 Å². The fourth-order valence-corrected chi connectivity index (χ4v) is 2.40. The molecule has 0 N–H and O–H groups in total. The number of carbonyl (C=O) groups excluding carboxylic acids is 1. The summed E-state index contributed by atoms with van der Waals surface area (Å²) in [6.45, 7) is 2.26. The molecule has 0 unspecified atom stereocenters. The van der Waals surface area contributed by atoms with Gasteiger partial charge in [-0.1, -0.05) is 0 Å². The first kappa shape index (κ1) is 12.9. The summed E-state index contributed by atoms with van der Waals surface area (Å²) in [6, 6.07) is 9.53. The Morgan fingerprint density at radius 2 is 2.17 bits per heavy atom. The summed E-state index contributed by atoms with van der Waals surface area (Å²) >= 11 is 3.42. The normalized spacial score (nSPS) is 10.4. The van der Waals surface area contributed by atoms with Crippen LogP contribution in [0.5, 0.6) is 0 Å². The van der Waals surface area contributed by atoms with E-state index in [0.717, 1.165) is 15.9 Å². The summed E-state index contributed by atoms with van der Waals surface area (Å²) in [6.07, 6.45) is 1.66. The lowest BCUT2D eigenvalue weighted by atomic mass is 10.1. The number of carbonyl (C=O) groups is 1. The van der Waals surface area contributed by atoms with Gasteiger partial charge in [0.1, 0.15) is 5.76 Å². The SMILES string of the molecule is CC(=O)c1ccc(N(C)Cc2ccco2)cc1Br. The lowest BCUT2D eigenvalue weighted by Gasteiger charge is -2.18. The van der Waals surface area contributed by atoms with Gasteiger partial charge in [-0.15, -0.1) is 0 Å².